The van der Waals surface area contributed by atoms with Gasteiger partial charge in [-0.1, -0.05) is 75.4 Å². The molecule has 0 heterocycles. The highest BCUT2D eigenvalue weighted by atomic mass is 16.5. The highest BCUT2D eigenvalue weighted by Crippen LogP contribution is 2.16. The van der Waals surface area contributed by atoms with Gasteiger partial charge in [0.1, 0.15) is 6.61 Å². The molecule has 0 aliphatic rings. The maximum Gasteiger partial charge on any atom is 0.306 e. The number of ether oxygens (including phenoxy) is 2. The van der Waals surface area contributed by atoms with Crippen molar-refractivity contribution in [3.63, 3.8) is 0 Å². The van der Waals surface area contributed by atoms with Crippen LogP contribution in [-0.4, -0.2) is 18.5 Å². The van der Waals surface area contributed by atoms with Crippen LogP contribution in [0.4, 0.5) is 0 Å². The van der Waals surface area contributed by atoms with Crippen molar-refractivity contribution in [2.75, 3.05) is 6.61 Å². The molecule has 2 rings (SSSR count). The van der Waals surface area contributed by atoms with Gasteiger partial charge in [-0.15, -0.1) is 0 Å². The molecular formula is C23H30O4. The fourth-order valence-electron chi connectivity index (χ4n) is 2.91. The Morgan fingerprint density at radius 2 is 1.44 bits per heavy atom. The molecule has 0 aromatic heterocycles. The number of hydrogen-bond acceptors (Lipinski definition) is 4. The number of carbonyl (C=O) groups excluding carboxylic acids is 2. The molecule has 4 nitrogen and oxygen atoms in total. The van der Waals surface area contributed by atoms with Crippen molar-refractivity contribution >= 4 is 22.7 Å². The third-order valence-electron chi connectivity index (χ3n) is 4.51. The van der Waals surface area contributed by atoms with E-state index in [1.807, 2.05) is 42.5 Å². The van der Waals surface area contributed by atoms with E-state index in [2.05, 4.69) is 6.92 Å². The van der Waals surface area contributed by atoms with Crippen LogP contribution in [0.5, 0.6) is 0 Å². The highest BCUT2D eigenvalue weighted by Gasteiger charge is 2.09. The normalized spacial score (nSPS) is 10.7. The van der Waals surface area contributed by atoms with Crippen molar-refractivity contribution in [2.24, 2.45) is 0 Å². The minimum atomic E-state index is -0.375. The van der Waals surface area contributed by atoms with Gasteiger partial charge >= 0.3 is 11.9 Å². The first-order chi connectivity index (χ1) is 13.2. The number of unbranched alkanes of at least 4 members (excludes halogenated alkanes) is 5. The number of hydrogen-bond donors (Lipinski definition) is 0. The predicted molar refractivity (Wildman–Crippen MR) is 107 cm³/mol. The summed E-state index contributed by atoms with van der Waals surface area (Å²) in [5.41, 5.74) is 0.938. The molecule has 2 aromatic rings. The monoisotopic (exact) mass is 370 g/mol. The van der Waals surface area contributed by atoms with Crippen LogP contribution in [0.15, 0.2) is 42.5 Å². The van der Waals surface area contributed by atoms with Gasteiger partial charge in [0.15, 0.2) is 0 Å². The molecule has 0 aliphatic carbocycles. The molecule has 0 aliphatic heterocycles. The van der Waals surface area contributed by atoms with E-state index < -0.39 is 0 Å². The average Bonchev–Trinajstić information content (AvgIpc) is 2.70. The van der Waals surface area contributed by atoms with Crippen molar-refractivity contribution in [1.82, 2.24) is 0 Å². The van der Waals surface area contributed by atoms with E-state index in [0.29, 0.717) is 6.61 Å². The number of benzene rings is 2. The van der Waals surface area contributed by atoms with Crippen LogP contribution in [0.25, 0.3) is 10.8 Å². The summed E-state index contributed by atoms with van der Waals surface area (Å²) in [6.45, 7) is 2.85. The van der Waals surface area contributed by atoms with Gasteiger partial charge in [0.25, 0.3) is 0 Å². The van der Waals surface area contributed by atoms with Gasteiger partial charge in [-0.2, -0.15) is 0 Å². The zero-order chi connectivity index (χ0) is 19.3. The Morgan fingerprint density at radius 1 is 0.778 bits per heavy atom. The Balaban J connectivity index is 1.57. The van der Waals surface area contributed by atoms with Crippen LogP contribution in [0.1, 0.15) is 63.9 Å². The molecule has 0 saturated carbocycles. The van der Waals surface area contributed by atoms with Crippen LogP contribution in [0, 0.1) is 0 Å². The van der Waals surface area contributed by atoms with Crippen molar-refractivity contribution < 1.29 is 19.1 Å². The zero-order valence-electron chi connectivity index (χ0n) is 16.2. The minimum Gasteiger partial charge on any atom is -0.466 e. The van der Waals surface area contributed by atoms with Gasteiger partial charge in [-0.25, -0.2) is 0 Å². The number of rotatable bonds is 12. The lowest BCUT2D eigenvalue weighted by molar-refractivity contribution is -0.151. The van der Waals surface area contributed by atoms with E-state index in [1.54, 1.807) is 0 Å². The zero-order valence-corrected chi connectivity index (χ0v) is 16.2. The quantitative estimate of drug-likeness (QED) is 0.362. The summed E-state index contributed by atoms with van der Waals surface area (Å²) in [4.78, 5) is 23.5. The van der Waals surface area contributed by atoms with Gasteiger partial charge in [-0.3, -0.25) is 9.59 Å². The Kier molecular flexibility index (Phi) is 9.39. The molecule has 4 heteroatoms. The largest absolute Gasteiger partial charge is 0.466 e. The van der Waals surface area contributed by atoms with Crippen LogP contribution in [0.3, 0.4) is 0 Å². The summed E-state index contributed by atoms with van der Waals surface area (Å²) in [6.07, 6.45) is 7.03. The van der Waals surface area contributed by atoms with Gasteiger partial charge in [0.2, 0.25) is 0 Å². The second-order valence-electron chi connectivity index (χ2n) is 6.83. The van der Waals surface area contributed by atoms with Crippen molar-refractivity contribution in [3.8, 4) is 0 Å². The molecule has 0 unspecified atom stereocenters. The molecule has 0 saturated heterocycles. The molecule has 2 aromatic carbocycles. The molecule has 0 spiro atoms. The second kappa shape index (κ2) is 12.1. The van der Waals surface area contributed by atoms with Crippen LogP contribution in [-0.2, 0) is 25.7 Å². The topological polar surface area (TPSA) is 52.6 Å². The van der Waals surface area contributed by atoms with Crippen LogP contribution in [0.2, 0.25) is 0 Å². The van der Waals surface area contributed by atoms with Gasteiger partial charge in [0.05, 0.1) is 19.4 Å². The Bertz CT molecular complexity index is 723. The Labute approximate surface area is 161 Å². The van der Waals surface area contributed by atoms with Crippen molar-refractivity contribution in [1.29, 1.82) is 0 Å². The molecular weight excluding hydrogens is 340 g/mol. The first-order valence-corrected chi connectivity index (χ1v) is 9.98. The van der Waals surface area contributed by atoms with Gasteiger partial charge < -0.3 is 9.47 Å². The number of fused-ring (bicyclic) bond motifs is 1. The van der Waals surface area contributed by atoms with E-state index >= 15 is 0 Å². The van der Waals surface area contributed by atoms with E-state index in [4.69, 9.17) is 9.47 Å². The summed E-state index contributed by atoms with van der Waals surface area (Å²) in [5, 5.41) is 2.27. The smallest absolute Gasteiger partial charge is 0.306 e. The fourth-order valence-corrected chi connectivity index (χ4v) is 2.91. The summed E-state index contributed by atoms with van der Waals surface area (Å²) in [6, 6.07) is 14.0. The molecule has 0 amide bonds. The Hall–Kier alpha value is -2.36. The molecule has 27 heavy (non-hydrogen) atoms. The van der Waals surface area contributed by atoms with E-state index in [1.165, 1.54) is 25.7 Å². The summed E-state index contributed by atoms with van der Waals surface area (Å²) in [7, 11) is 0. The second-order valence-corrected chi connectivity index (χ2v) is 6.83. The third-order valence-corrected chi connectivity index (χ3v) is 4.51. The average molecular weight is 370 g/mol. The lowest BCUT2D eigenvalue weighted by Gasteiger charge is -2.07. The van der Waals surface area contributed by atoms with Crippen LogP contribution >= 0.6 is 0 Å². The highest BCUT2D eigenvalue weighted by molar-refractivity contribution is 5.83. The minimum absolute atomic E-state index is 0.0584. The maximum absolute atomic E-state index is 11.8. The predicted octanol–water partition coefficient (Wildman–Crippen LogP) is 5.57. The van der Waals surface area contributed by atoms with E-state index in [0.717, 1.165) is 29.2 Å². The van der Waals surface area contributed by atoms with Crippen molar-refractivity contribution in [2.45, 2.75) is 64.9 Å². The first-order valence-electron chi connectivity index (χ1n) is 9.98. The molecule has 0 fully saturated rings. The molecule has 0 N–H and O–H groups in total. The summed E-state index contributed by atoms with van der Waals surface area (Å²) in [5.74, 6) is -0.703. The number of carbonyl (C=O) groups is 2. The number of esters is 2. The standard InChI is InChI=1S/C23H30O4/c1-2-3-4-5-6-9-16-26-22(24)14-15-23(25)27-18-19-12-13-20-10-7-8-11-21(20)17-19/h7-8,10-13,17H,2-6,9,14-16,18H2,1H3. The Morgan fingerprint density at radius 3 is 2.22 bits per heavy atom. The van der Waals surface area contributed by atoms with Gasteiger partial charge in [-0.05, 0) is 28.8 Å². The van der Waals surface area contributed by atoms with E-state index in [9.17, 15) is 9.59 Å². The molecule has 0 bridgehead atoms. The first kappa shape index (κ1) is 20.9. The maximum atomic E-state index is 11.8. The molecule has 0 radical (unpaired) electrons. The summed E-state index contributed by atoms with van der Waals surface area (Å²) >= 11 is 0. The van der Waals surface area contributed by atoms with Crippen LogP contribution < -0.4 is 0 Å². The van der Waals surface area contributed by atoms with Crippen molar-refractivity contribution in [3.05, 3.63) is 48.0 Å². The lowest BCUT2D eigenvalue weighted by Crippen LogP contribution is -2.11. The molecule has 0 atom stereocenters. The SMILES string of the molecule is CCCCCCCCOC(=O)CCC(=O)OCc1ccc2ccccc2c1. The third kappa shape index (κ3) is 8.25. The summed E-state index contributed by atoms with van der Waals surface area (Å²) < 4.78 is 10.4. The molecule has 146 valence electrons. The lowest BCUT2D eigenvalue weighted by atomic mass is 10.1. The van der Waals surface area contributed by atoms with E-state index in [-0.39, 0.29) is 31.4 Å². The van der Waals surface area contributed by atoms with Gasteiger partial charge in [0, 0.05) is 0 Å². The fraction of sp³-hybridized carbons (Fsp3) is 0.478.